The smallest absolute Gasteiger partial charge is 0.345 e. The molecule has 112 valence electrons. The number of nitrogens with one attached hydrogen (secondary N) is 2. The van der Waals surface area contributed by atoms with Crippen molar-refractivity contribution in [1.82, 2.24) is 10.0 Å². The third-order valence-electron chi connectivity index (χ3n) is 2.27. The molecule has 3 N–H and O–H groups in total. The van der Waals surface area contributed by atoms with Crippen LogP contribution < -0.4 is 10.0 Å². The van der Waals surface area contributed by atoms with E-state index in [-0.39, 0.29) is 28.0 Å². The molecule has 0 spiro atoms. The number of hydrogen-bond donors (Lipinski definition) is 3. The van der Waals surface area contributed by atoms with Crippen molar-refractivity contribution in [3.63, 3.8) is 0 Å². The first-order chi connectivity index (χ1) is 9.36. The molecule has 0 saturated carbocycles. The van der Waals surface area contributed by atoms with Crippen LogP contribution in [-0.4, -0.2) is 38.5 Å². The number of rotatable bonds is 8. The van der Waals surface area contributed by atoms with Gasteiger partial charge in [0.25, 0.3) is 0 Å². The molecule has 0 saturated heterocycles. The first-order valence-electron chi connectivity index (χ1n) is 5.96. The van der Waals surface area contributed by atoms with Gasteiger partial charge in [0, 0.05) is 19.5 Å². The highest BCUT2D eigenvalue weighted by molar-refractivity contribution is 7.91. The zero-order valence-electron chi connectivity index (χ0n) is 10.9. The molecule has 1 aromatic heterocycles. The average Bonchev–Trinajstić information content (AvgIpc) is 2.86. The van der Waals surface area contributed by atoms with Crippen LogP contribution in [0.4, 0.5) is 0 Å². The van der Waals surface area contributed by atoms with Gasteiger partial charge in [0.05, 0.1) is 0 Å². The van der Waals surface area contributed by atoms with Crippen LogP contribution in [0.2, 0.25) is 0 Å². The Bertz CT molecular complexity index is 579. The number of carbonyl (C=O) groups is 2. The van der Waals surface area contributed by atoms with Crippen LogP contribution in [0.5, 0.6) is 0 Å². The van der Waals surface area contributed by atoms with Crippen molar-refractivity contribution in [1.29, 1.82) is 0 Å². The molecule has 0 radical (unpaired) electrons. The molecule has 1 aromatic rings. The molecule has 0 unspecified atom stereocenters. The average molecular weight is 320 g/mol. The van der Waals surface area contributed by atoms with Crippen LogP contribution >= 0.6 is 11.3 Å². The third-order valence-corrected chi connectivity index (χ3v) is 5.30. The van der Waals surface area contributed by atoms with Crippen molar-refractivity contribution in [2.75, 3.05) is 13.1 Å². The second-order valence-electron chi connectivity index (χ2n) is 3.92. The molecule has 0 aromatic carbocycles. The Hall–Kier alpha value is -1.45. The Morgan fingerprint density at radius 3 is 2.55 bits per heavy atom. The number of carboxylic acid groups (broad SMARTS) is 1. The van der Waals surface area contributed by atoms with E-state index in [2.05, 4.69) is 10.0 Å². The lowest BCUT2D eigenvalue weighted by molar-refractivity contribution is -0.120. The van der Waals surface area contributed by atoms with Gasteiger partial charge in [0.1, 0.15) is 9.09 Å². The molecule has 0 atom stereocenters. The van der Waals surface area contributed by atoms with Crippen LogP contribution in [0.1, 0.15) is 29.4 Å². The standard InChI is InChI=1S/C11H16N2O5S2/c1-2-6-12-9(14)5-7-13-20(17,18)10-4-3-8(19-10)11(15)16/h3-4,13H,2,5-7H2,1H3,(H,12,14)(H,15,16). The molecule has 7 nitrogen and oxygen atoms in total. The van der Waals surface area contributed by atoms with Crippen molar-refractivity contribution in [2.24, 2.45) is 0 Å². The van der Waals surface area contributed by atoms with E-state index in [0.29, 0.717) is 17.9 Å². The summed E-state index contributed by atoms with van der Waals surface area (Å²) >= 11 is 0.670. The lowest BCUT2D eigenvalue weighted by Crippen LogP contribution is -2.30. The number of amides is 1. The van der Waals surface area contributed by atoms with Gasteiger partial charge in [0.15, 0.2) is 0 Å². The quantitative estimate of drug-likeness (QED) is 0.650. The van der Waals surface area contributed by atoms with Gasteiger partial charge in [-0.3, -0.25) is 4.79 Å². The topological polar surface area (TPSA) is 113 Å². The maximum Gasteiger partial charge on any atom is 0.345 e. The molecule has 20 heavy (non-hydrogen) atoms. The number of aromatic carboxylic acids is 1. The molecule has 1 amide bonds. The van der Waals surface area contributed by atoms with E-state index in [1.165, 1.54) is 12.1 Å². The monoisotopic (exact) mass is 320 g/mol. The molecular formula is C11H16N2O5S2. The van der Waals surface area contributed by atoms with Crippen molar-refractivity contribution in [2.45, 2.75) is 24.0 Å². The molecule has 1 heterocycles. The van der Waals surface area contributed by atoms with E-state index >= 15 is 0 Å². The summed E-state index contributed by atoms with van der Waals surface area (Å²) in [5.41, 5.74) is 0. The van der Waals surface area contributed by atoms with E-state index in [1.54, 1.807) is 0 Å². The summed E-state index contributed by atoms with van der Waals surface area (Å²) < 4.78 is 25.9. The van der Waals surface area contributed by atoms with E-state index in [0.717, 1.165) is 6.42 Å². The van der Waals surface area contributed by atoms with Crippen LogP contribution in [-0.2, 0) is 14.8 Å². The summed E-state index contributed by atoms with van der Waals surface area (Å²) in [6, 6.07) is 2.46. The van der Waals surface area contributed by atoms with Crippen LogP contribution in [0, 0.1) is 0 Å². The first kappa shape index (κ1) is 16.6. The Morgan fingerprint density at radius 2 is 2.00 bits per heavy atom. The molecule has 1 rings (SSSR count). The number of hydrogen-bond acceptors (Lipinski definition) is 5. The van der Waals surface area contributed by atoms with Crippen LogP contribution in [0.3, 0.4) is 0 Å². The van der Waals surface area contributed by atoms with E-state index in [4.69, 9.17) is 5.11 Å². The Labute approximate surface area is 121 Å². The molecular weight excluding hydrogens is 304 g/mol. The van der Waals surface area contributed by atoms with Crippen molar-refractivity contribution >= 4 is 33.2 Å². The van der Waals surface area contributed by atoms with Gasteiger partial charge in [-0.25, -0.2) is 17.9 Å². The fourth-order valence-electron chi connectivity index (χ4n) is 1.30. The summed E-state index contributed by atoms with van der Waals surface area (Å²) in [7, 11) is -3.76. The minimum atomic E-state index is -3.76. The second kappa shape index (κ2) is 7.36. The van der Waals surface area contributed by atoms with Crippen molar-refractivity contribution in [3.05, 3.63) is 17.0 Å². The molecule has 0 aliphatic carbocycles. The zero-order chi connectivity index (χ0) is 15.2. The van der Waals surface area contributed by atoms with Crippen molar-refractivity contribution in [3.8, 4) is 0 Å². The highest BCUT2D eigenvalue weighted by Crippen LogP contribution is 2.21. The summed E-state index contributed by atoms with van der Waals surface area (Å²) in [5, 5.41) is 11.4. The van der Waals surface area contributed by atoms with Gasteiger partial charge < -0.3 is 10.4 Å². The van der Waals surface area contributed by atoms with Gasteiger partial charge >= 0.3 is 5.97 Å². The van der Waals surface area contributed by atoms with Crippen LogP contribution in [0.25, 0.3) is 0 Å². The summed E-state index contributed by atoms with van der Waals surface area (Å²) in [6.45, 7) is 2.44. The second-order valence-corrected chi connectivity index (χ2v) is 7.00. The molecule has 0 aliphatic rings. The van der Waals surface area contributed by atoms with Gasteiger partial charge in [0.2, 0.25) is 15.9 Å². The van der Waals surface area contributed by atoms with Gasteiger partial charge in [-0.1, -0.05) is 6.92 Å². The molecule has 0 bridgehead atoms. The number of sulfonamides is 1. The largest absolute Gasteiger partial charge is 0.477 e. The summed E-state index contributed by atoms with van der Waals surface area (Å²) in [4.78, 5) is 21.9. The van der Waals surface area contributed by atoms with Gasteiger partial charge in [-0.15, -0.1) is 11.3 Å². The van der Waals surface area contributed by atoms with E-state index in [9.17, 15) is 18.0 Å². The Kier molecular flexibility index (Phi) is 6.11. The first-order valence-corrected chi connectivity index (χ1v) is 8.26. The predicted octanol–water partition coefficient (Wildman–Crippen LogP) is 0.641. The van der Waals surface area contributed by atoms with Gasteiger partial charge in [-0.05, 0) is 18.6 Å². The van der Waals surface area contributed by atoms with Crippen molar-refractivity contribution < 1.29 is 23.1 Å². The maximum atomic E-state index is 11.8. The zero-order valence-corrected chi connectivity index (χ0v) is 12.5. The Morgan fingerprint density at radius 1 is 1.30 bits per heavy atom. The van der Waals surface area contributed by atoms with E-state index < -0.39 is 16.0 Å². The van der Waals surface area contributed by atoms with Crippen LogP contribution in [0.15, 0.2) is 16.3 Å². The molecule has 9 heteroatoms. The number of carboxylic acids is 1. The summed E-state index contributed by atoms with van der Waals surface area (Å²) in [5.74, 6) is -1.40. The molecule has 0 fully saturated rings. The number of thiophene rings is 1. The lowest BCUT2D eigenvalue weighted by atomic mass is 10.4. The predicted molar refractivity (Wildman–Crippen MR) is 74.4 cm³/mol. The van der Waals surface area contributed by atoms with E-state index in [1.807, 2.05) is 6.92 Å². The van der Waals surface area contributed by atoms with Gasteiger partial charge in [-0.2, -0.15) is 0 Å². The highest BCUT2D eigenvalue weighted by Gasteiger charge is 2.18. The lowest BCUT2D eigenvalue weighted by Gasteiger charge is -2.05. The normalized spacial score (nSPS) is 11.2. The minimum absolute atomic E-state index is 0.0296. The maximum absolute atomic E-state index is 11.8. The minimum Gasteiger partial charge on any atom is -0.477 e. The fraction of sp³-hybridized carbons (Fsp3) is 0.455. The number of carbonyl (C=O) groups excluding carboxylic acids is 1. The molecule has 0 aliphatic heterocycles. The summed E-state index contributed by atoms with van der Waals surface area (Å²) in [6.07, 6.45) is 0.848. The highest BCUT2D eigenvalue weighted by atomic mass is 32.2. The SMILES string of the molecule is CCCNC(=O)CCNS(=O)(=O)c1ccc(C(=O)O)s1. The third kappa shape index (κ3) is 4.91. The Balaban J connectivity index is 2.53. The fourth-order valence-corrected chi connectivity index (χ4v) is 3.52.